The first-order valence-corrected chi connectivity index (χ1v) is 7.17. The van der Waals surface area contributed by atoms with Crippen molar-refractivity contribution >= 4 is 5.97 Å². The lowest BCUT2D eigenvalue weighted by Crippen LogP contribution is -2.24. The minimum absolute atomic E-state index is 0.0347. The summed E-state index contributed by atoms with van der Waals surface area (Å²) in [6.45, 7) is 6.50. The standard InChI is InChI=1S/C14H22N2O4/c1-9(2)6-7-18-10(3)14(17)19-8-12-15-13(20-16-12)11-4-5-11/h9-11H,4-8H2,1-3H3. The summed E-state index contributed by atoms with van der Waals surface area (Å²) in [5, 5.41) is 3.79. The van der Waals surface area contributed by atoms with E-state index in [1.165, 1.54) is 0 Å². The maximum absolute atomic E-state index is 11.7. The van der Waals surface area contributed by atoms with Gasteiger partial charge in [-0.05, 0) is 32.1 Å². The van der Waals surface area contributed by atoms with Gasteiger partial charge in [0.1, 0.15) is 0 Å². The third-order valence-corrected chi connectivity index (χ3v) is 3.15. The van der Waals surface area contributed by atoms with Gasteiger partial charge in [0.15, 0.2) is 12.7 Å². The van der Waals surface area contributed by atoms with Crippen molar-refractivity contribution in [3.63, 3.8) is 0 Å². The Kier molecular flexibility index (Phi) is 5.11. The third kappa shape index (κ3) is 4.59. The molecular formula is C14H22N2O4. The van der Waals surface area contributed by atoms with Crippen LogP contribution in [0.15, 0.2) is 4.52 Å². The van der Waals surface area contributed by atoms with Gasteiger partial charge in [0, 0.05) is 12.5 Å². The van der Waals surface area contributed by atoms with Gasteiger partial charge >= 0.3 is 5.97 Å². The van der Waals surface area contributed by atoms with Gasteiger partial charge in [-0.2, -0.15) is 4.98 Å². The van der Waals surface area contributed by atoms with E-state index >= 15 is 0 Å². The molecule has 1 heterocycles. The molecule has 6 nitrogen and oxygen atoms in total. The maximum Gasteiger partial charge on any atom is 0.335 e. The summed E-state index contributed by atoms with van der Waals surface area (Å²) in [5.41, 5.74) is 0. The normalized spacial score (nSPS) is 16.4. The van der Waals surface area contributed by atoms with E-state index in [2.05, 4.69) is 24.0 Å². The molecule has 1 atom stereocenters. The molecule has 0 aliphatic heterocycles. The van der Waals surface area contributed by atoms with Crippen LogP contribution in [-0.4, -0.2) is 28.8 Å². The molecule has 0 aromatic carbocycles. The molecule has 1 unspecified atom stereocenters. The molecule has 1 aromatic rings. The van der Waals surface area contributed by atoms with Gasteiger partial charge in [0.05, 0.1) is 0 Å². The summed E-state index contributed by atoms with van der Waals surface area (Å²) in [4.78, 5) is 15.9. The van der Waals surface area contributed by atoms with Gasteiger partial charge < -0.3 is 14.0 Å². The molecule has 0 radical (unpaired) electrons. The molecule has 0 N–H and O–H groups in total. The van der Waals surface area contributed by atoms with Crippen LogP contribution in [0.4, 0.5) is 0 Å². The topological polar surface area (TPSA) is 74.5 Å². The highest BCUT2D eigenvalue weighted by Gasteiger charge is 2.29. The van der Waals surface area contributed by atoms with Crippen molar-refractivity contribution in [3.05, 3.63) is 11.7 Å². The van der Waals surface area contributed by atoms with Crippen molar-refractivity contribution in [2.45, 2.75) is 58.7 Å². The summed E-state index contributed by atoms with van der Waals surface area (Å²) in [6.07, 6.45) is 2.56. The molecule has 1 aliphatic rings. The predicted octanol–water partition coefficient (Wildman–Crippen LogP) is 2.44. The van der Waals surface area contributed by atoms with Gasteiger partial charge in [0.25, 0.3) is 0 Å². The average molecular weight is 282 g/mol. The average Bonchev–Trinajstić information content (AvgIpc) is 3.15. The molecule has 112 valence electrons. The van der Waals surface area contributed by atoms with Crippen LogP contribution in [-0.2, 0) is 20.9 Å². The molecule has 1 saturated carbocycles. The lowest BCUT2D eigenvalue weighted by molar-refractivity contribution is -0.157. The molecule has 0 amide bonds. The fraction of sp³-hybridized carbons (Fsp3) is 0.786. The summed E-state index contributed by atoms with van der Waals surface area (Å²) in [5.74, 6) is 1.63. The van der Waals surface area contributed by atoms with E-state index in [-0.39, 0.29) is 6.61 Å². The Hall–Kier alpha value is -1.43. The zero-order valence-electron chi connectivity index (χ0n) is 12.3. The lowest BCUT2D eigenvalue weighted by Gasteiger charge is -2.12. The van der Waals surface area contributed by atoms with E-state index in [0.717, 1.165) is 19.3 Å². The number of ether oxygens (including phenoxy) is 2. The quantitative estimate of drug-likeness (QED) is 0.682. The molecule has 1 aromatic heterocycles. The molecule has 1 fully saturated rings. The number of aromatic nitrogens is 2. The van der Waals surface area contributed by atoms with Gasteiger partial charge in [-0.25, -0.2) is 4.79 Å². The SMILES string of the molecule is CC(C)CCOC(C)C(=O)OCc1noc(C2CC2)n1. The van der Waals surface area contributed by atoms with Crippen LogP contribution in [0, 0.1) is 5.92 Å². The number of rotatable bonds is 8. The van der Waals surface area contributed by atoms with Crippen molar-refractivity contribution in [2.24, 2.45) is 5.92 Å². The molecule has 1 aliphatic carbocycles. The Bertz CT molecular complexity index is 440. The number of carbonyl (C=O) groups is 1. The zero-order chi connectivity index (χ0) is 14.5. The lowest BCUT2D eigenvalue weighted by atomic mass is 10.1. The predicted molar refractivity (Wildman–Crippen MR) is 70.9 cm³/mol. The Labute approximate surface area is 118 Å². The van der Waals surface area contributed by atoms with Gasteiger partial charge in [-0.1, -0.05) is 19.0 Å². The molecule has 0 bridgehead atoms. The fourth-order valence-corrected chi connectivity index (χ4v) is 1.62. The van der Waals surface area contributed by atoms with Crippen molar-refractivity contribution < 1.29 is 18.8 Å². The summed E-state index contributed by atoms with van der Waals surface area (Å²) < 4.78 is 15.6. The van der Waals surface area contributed by atoms with Crippen LogP contribution in [0.5, 0.6) is 0 Å². The zero-order valence-corrected chi connectivity index (χ0v) is 12.3. The number of carbonyl (C=O) groups excluding carboxylic acids is 1. The van der Waals surface area contributed by atoms with E-state index in [4.69, 9.17) is 14.0 Å². The highest BCUT2D eigenvalue weighted by molar-refractivity contribution is 5.74. The Morgan fingerprint density at radius 1 is 1.40 bits per heavy atom. The Morgan fingerprint density at radius 3 is 2.80 bits per heavy atom. The fourth-order valence-electron chi connectivity index (χ4n) is 1.62. The van der Waals surface area contributed by atoms with Gasteiger partial charge in [-0.3, -0.25) is 0 Å². The smallest absolute Gasteiger partial charge is 0.335 e. The van der Waals surface area contributed by atoms with Crippen LogP contribution in [0.3, 0.4) is 0 Å². The van der Waals surface area contributed by atoms with Crippen molar-refractivity contribution in [1.29, 1.82) is 0 Å². The second-order valence-corrected chi connectivity index (χ2v) is 5.63. The molecule has 6 heteroatoms. The van der Waals surface area contributed by atoms with Crippen molar-refractivity contribution in [3.8, 4) is 0 Å². The van der Waals surface area contributed by atoms with Crippen molar-refractivity contribution in [2.75, 3.05) is 6.61 Å². The van der Waals surface area contributed by atoms with Crippen LogP contribution in [0.25, 0.3) is 0 Å². The summed E-state index contributed by atoms with van der Waals surface area (Å²) in [7, 11) is 0. The Balaban J connectivity index is 1.67. The minimum Gasteiger partial charge on any atom is -0.455 e. The summed E-state index contributed by atoms with van der Waals surface area (Å²) >= 11 is 0. The van der Waals surface area contributed by atoms with Gasteiger partial charge in [-0.15, -0.1) is 0 Å². The molecule has 2 rings (SSSR count). The molecule has 0 saturated heterocycles. The number of hydrogen-bond donors (Lipinski definition) is 0. The van der Waals surface area contributed by atoms with E-state index in [1.54, 1.807) is 6.92 Å². The number of hydrogen-bond acceptors (Lipinski definition) is 6. The van der Waals surface area contributed by atoms with E-state index in [9.17, 15) is 4.79 Å². The number of nitrogens with zero attached hydrogens (tertiary/aromatic N) is 2. The maximum atomic E-state index is 11.7. The van der Waals surface area contributed by atoms with E-state index in [1.807, 2.05) is 0 Å². The first-order valence-electron chi connectivity index (χ1n) is 7.17. The van der Waals surface area contributed by atoms with Crippen LogP contribution in [0.1, 0.15) is 57.7 Å². The summed E-state index contributed by atoms with van der Waals surface area (Å²) in [6, 6.07) is 0. The van der Waals surface area contributed by atoms with Crippen LogP contribution >= 0.6 is 0 Å². The second-order valence-electron chi connectivity index (χ2n) is 5.63. The largest absolute Gasteiger partial charge is 0.455 e. The Morgan fingerprint density at radius 2 is 2.15 bits per heavy atom. The first-order chi connectivity index (χ1) is 9.56. The van der Waals surface area contributed by atoms with E-state index in [0.29, 0.717) is 30.2 Å². The van der Waals surface area contributed by atoms with Crippen molar-refractivity contribution in [1.82, 2.24) is 10.1 Å². The highest BCUT2D eigenvalue weighted by atomic mass is 16.6. The molecular weight excluding hydrogens is 260 g/mol. The number of esters is 1. The van der Waals surface area contributed by atoms with Gasteiger partial charge in [0.2, 0.25) is 11.7 Å². The first kappa shape index (κ1) is 15.0. The third-order valence-electron chi connectivity index (χ3n) is 3.15. The highest BCUT2D eigenvalue weighted by Crippen LogP contribution is 2.38. The minimum atomic E-state index is -0.566. The van der Waals surface area contributed by atoms with Crippen LogP contribution < -0.4 is 0 Å². The molecule has 0 spiro atoms. The van der Waals surface area contributed by atoms with E-state index < -0.39 is 12.1 Å². The monoisotopic (exact) mass is 282 g/mol. The molecule has 20 heavy (non-hydrogen) atoms. The van der Waals surface area contributed by atoms with Crippen LogP contribution in [0.2, 0.25) is 0 Å². The second kappa shape index (κ2) is 6.83.